The molecule has 3 aromatic rings. The first-order chi connectivity index (χ1) is 14.5. The van der Waals surface area contributed by atoms with E-state index < -0.39 is 0 Å². The number of carbonyl (C=O) groups is 1. The van der Waals surface area contributed by atoms with Gasteiger partial charge in [0.05, 0.1) is 0 Å². The largest absolute Gasteiger partial charge is 0.344 e. The summed E-state index contributed by atoms with van der Waals surface area (Å²) in [6.07, 6.45) is 3.52. The molecule has 1 aromatic carbocycles. The highest BCUT2D eigenvalue weighted by Crippen LogP contribution is 2.38. The molecular weight excluding hydrogens is 389 g/mol. The highest BCUT2D eigenvalue weighted by atomic mass is 19.1. The Bertz CT molecular complexity index is 994. The van der Waals surface area contributed by atoms with E-state index in [0.29, 0.717) is 48.3 Å². The van der Waals surface area contributed by atoms with E-state index in [9.17, 15) is 9.18 Å². The summed E-state index contributed by atoms with van der Waals surface area (Å²) in [7, 11) is 0. The highest BCUT2D eigenvalue weighted by Gasteiger charge is 2.31. The van der Waals surface area contributed by atoms with Gasteiger partial charge < -0.3 is 14.4 Å². The number of nitrogens with zero attached hydrogens (tertiary/aromatic N) is 4. The number of amides is 1. The summed E-state index contributed by atoms with van der Waals surface area (Å²) in [5.41, 5.74) is 0.675. The van der Waals surface area contributed by atoms with E-state index in [4.69, 9.17) is 9.05 Å². The normalized spacial score (nSPS) is 14.8. The number of halogens is 1. The first kappa shape index (κ1) is 20.2. The Hall–Kier alpha value is -3.10. The average molecular weight is 413 g/mol. The molecule has 1 aliphatic carbocycles. The zero-order valence-electron chi connectivity index (χ0n) is 17.0. The van der Waals surface area contributed by atoms with Gasteiger partial charge in [0.1, 0.15) is 11.9 Å². The van der Waals surface area contributed by atoms with Crippen LogP contribution >= 0.6 is 0 Å². The molecule has 1 fully saturated rings. The van der Waals surface area contributed by atoms with Crippen LogP contribution in [-0.2, 0) is 11.2 Å². The molecule has 1 saturated carbocycles. The minimum Gasteiger partial charge on any atom is -0.344 e. The molecule has 0 saturated heterocycles. The van der Waals surface area contributed by atoms with Crippen LogP contribution in [0.25, 0.3) is 11.4 Å². The molecule has 0 spiro atoms. The predicted molar refractivity (Wildman–Crippen MR) is 105 cm³/mol. The number of nitrogens with one attached hydrogen (secondary N) is 1. The van der Waals surface area contributed by atoms with Crippen LogP contribution < -0.4 is 5.32 Å². The molecule has 2 heterocycles. The lowest BCUT2D eigenvalue weighted by atomic mass is 10.0. The van der Waals surface area contributed by atoms with Crippen LogP contribution in [0.3, 0.4) is 0 Å². The maximum Gasteiger partial charge on any atom is 0.249 e. The van der Waals surface area contributed by atoms with Crippen molar-refractivity contribution in [1.82, 2.24) is 25.6 Å². The Kier molecular flexibility index (Phi) is 5.87. The van der Waals surface area contributed by atoms with Gasteiger partial charge in [-0.05, 0) is 49.4 Å². The maximum absolute atomic E-state index is 13.0. The number of rotatable bonds is 9. The third-order valence-electron chi connectivity index (χ3n) is 5.01. The van der Waals surface area contributed by atoms with Gasteiger partial charge in [0.15, 0.2) is 5.82 Å². The minimum absolute atomic E-state index is 0.0989. The fourth-order valence-electron chi connectivity index (χ4n) is 3.11. The smallest absolute Gasteiger partial charge is 0.249 e. The summed E-state index contributed by atoms with van der Waals surface area (Å²) in [6, 6.07) is 5.56. The number of aryl methyl sites for hydroxylation is 1. The van der Waals surface area contributed by atoms with Gasteiger partial charge >= 0.3 is 0 Å². The van der Waals surface area contributed by atoms with Crippen LogP contribution in [-0.4, -0.2) is 26.2 Å². The molecule has 1 atom stereocenters. The lowest BCUT2D eigenvalue weighted by Gasteiger charge is -2.18. The van der Waals surface area contributed by atoms with Crippen LogP contribution in [0.15, 0.2) is 33.3 Å². The Balaban J connectivity index is 1.28. The highest BCUT2D eigenvalue weighted by molar-refractivity contribution is 5.76. The van der Waals surface area contributed by atoms with Gasteiger partial charge in [-0.1, -0.05) is 24.2 Å². The SMILES string of the molecule is CC(C)C(NC(=O)CCCc1nc(-c2ccc(F)cc2)no1)c1nc(C2CC2)no1. The molecule has 0 aliphatic heterocycles. The Morgan fingerprint density at radius 3 is 2.63 bits per heavy atom. The molecular formula is C21H24FN5O3. The van der Waals surface area contributed by atoms with Crippen LogP contribution in [0.1, 0.15) is 69.1 Å². The number of hydrogen-bond acceptors (Lipinski definition) is 7. The van der Waals surface area contributed by atoms with E-state index in [0.717, 1.165) is 18.7 Å². The van der Waals surface area contributed by atoms with Crippen molar-refractivity contribution in [3.8, 4) is 11.4 Å². The molecule has 4 rings (SSSR count). The number of carbonyl (C=O) groups excluding carboxylic acids is 1. The quantitative estimate of drug-likeness (QED) is 0.565. The van der Waals surface area contributed by atoms with Gasteiger partial charge in [-0.15, -0.1) is 0 Å². The minimum atomic E-state index is -0.322. The first-order valence-electron chi connectivity index (χ1n) is 10.2. The van der Waals surface area contributed by atoms with Gasteiger partial charge in [-0.25, -0.2) is 4.39 Å². The lowest BCUT2D eigenvalue weighted by molar-refractivity contribution is -0.122. The third-order valence-corrected chi connectivity index (χ3v) is 5.01. The van der Waals surface area contributed by atoms with E-state index in [-0.39, 0.29) is 23.7 Å². The molecule has 1 N–H and O–H groups in total. The summed E-state index contributed by atoms with van der Waals surface area (Å²) < 4.78 is 23.6. The molecule has 9 heteroatoms. The maximum atomic E-state index is 13.0. The van der Waals surface area contributed by atoms with E-state index in [1.54, 1.807) is 12.1 Å². The van der Waals surface area contributed by atoms with Gasteiger partial charge in [0, 0.05) is 24.3 Å². The molecule has 1 aliphatic rings. The molecule has 1 amide bonds. The second-order valence-corrected chi connectivity index (χ2v) is 7.93. The van der Waals surface area contributed by atoms with E-state index in [1.807, 2.05) is 13.8 Å². The van der Waals surface area contributed by atoms with Crippen molar-refractivity contribution >= 4 is 5.91 Å². The van der Waals surface area contributed by atoms with E-state index in [1.165, 1.54) is 12.1 Å². The van der Waals surface area contributed by atoms with Crippen LogP contribution in [0.4, 0.5) is 4.39 Å². The standard InChI is InChI=1S/C21H24FN5O3/c1-12(2)18(21-25-20(27-30-21)13-6-7-13)23-16(28)4-3-5-17-24-19(26-29-17)14-8-10-15(22)11-9-14/h8-13,18H,3-7H2,1-2H3,(H,23,28). The molecule has 0 bridgehead atoms. The number of hydrogen-bond donors (Lipinski definition) is 1. The molecule has 158 valence electrons. The summed E-state index contributed by atoms with van der Waals surface area (Å²) in [5, 5.41) is 10.9. The summed E-state index contributed by atoms with van der Waals surface area (Å²) in [6.45, 7) is 4.00. The monoisotopic (exact) mass is 413 g/mol. The third kappa shape index (κ3) is 4.90. The van der Waals surface area contributed by atoms with E-state index >= 15 is 0 Å². The van der Waals surface area contributed by atoms with E-state index in [2.05, 4.69) is 25.6 Å². The van der Waals surface area contributed by atoms with Crippen molar-refractivity contribution < 1.29 is 18.2 Å². The van der Waals surface area contributed by atoms with Crippen molar-refractivity contribution in [2.75, 3.05) is 0 Å². The van der Waals surface area contributed by atoms with Gasteiger partial charge in [-0.2, -0.15) is 9.97 Å². The van der Waals surface area contributed by atoms with Crippen LogP contribution in [0.2, 0.25) is 0 Å². The molecule has 0 radical (unpaired) electrons. The van der Waals surface area contributed by atoms with Crippen LogP contribution in [0.5, 0.6) is 0 Å². The Morgan fingerprint density at radius 1 is 1.17 bits per heavy atom. The molecule has 30 heavy (non-hydrogen) atoms. The predicted octanol–water partition coefficient (Wildman–Crippen LogP) is 3.97. The Morgan fingerprint density at radius 2 is 1.93 bits per heavy atom. The van der Waals surface area contributed by atoms with Gasteiger partial charge in [-0.3, -0.25) is 4.79 Å². The van der Waals surface area contributed by atoms with Crippen molar-refractivity contribution in [3.63, 3.8) is 0 Å². The van der Waals surface area contributed by atoms with Crippen molar-refractivity contribution in [3.05, 3.63) is 47.7 Å². The summed E-state index contributed by atoms with van der Waals surface area (Å²) in [5.74, 6) is 2.14. The zero-order chi connectivity index (χ0) is 21.1. The fraction of sp³-hybridized carbons (Fsp3) is 0.476. The van der Waals surface area contributed by atoms with Gasteiger partial charge in [0.2, 0.25) is 23.5 Å². The second kappa shape index (κ2) is 8.73. The molecule has 8 nitrogen and oxygen atoms in total. The van der Waals surface area contributed by atoms with Gasteiger partial charge in [0.25, 0.3) is 0 Å². The number of benzene rings is 1. The van der Waals surface area contributed by atoms with Crippen molar-refractivity contribution in [2.45, 2.75) is 57.9 Å². The Labute approximate surface area is 173 Å². The average Bonchev–Trinajstić information content (AvgIpc) is 3.27. The molecule has 1 unspecified atom stereocenters. The van der Waals surface area contributed by atoms with Crippen molar-refractivity contribution in [1.29, 1.82) is 0 Å². The zero-order valence-corrected chi connectivity index (χ0v) is 17.0. The first-order valence-corrected chi connectivity index (χ1v) is 10.2. The topological polar surface area (TPSA) is 107 Å². The fourth-order valence-corrected chi connectivity index (χ4v) is 3.11. The summed E-state index contributed by atoms with van der Waals surface area (Å²) >= 11 is 0. The number of aromatic nitrogens is 4. The molecule has 2 aromatic heterocycles. The van der Waals surface area contributed by atoms with Crippen LogP contribution in [0, 0.1) is 11.7 Å². The lowest BCUT2D eigenvalue weighted by Crippen LogP contribution is -2.31. The van der Waals surface area contributed by atoms with Crippen molar-refractivity contribution in [2.24, 2.45) is 5.92 Å². The summed E-state index contributed by atoms with van der Waals surface area (Å²) in [4.78, 5) is 21.2. The second-order valence-electron chi connectivity index (χ2n) is 7.93.